The summed E-state index contributed by atoms with van der Waals surface area (Å²) in [7, 11) is 0. The van der Waals surface area contributed by atoms with E-state index in [1.54, 1.807) is 11.8 Å². The van der Waals surface area contributed by atoms with Crippen LogP contribution >= 0.6 is 11.8 Å². The van der Waals surface area contributed by atoms with Crippen LogP contribution in [0, 0.1) is 13.8 Å². The number of carbonyl (C=O) groups excluding carboxylic acids is 1. The van der Waals surface area contributed by atoms with E-state index in [0.29, 0.717) is 6.42 Å². The number of hydrogen-bond acceptors (Lipinski definition) is 5. The predicted molar refractivity (Wildman–Crippen MR) is 73.5 cm³/mol. The van der Waals surface area contributed by atoms with Gasteiger partial charge in [0.2, 0.25) is 5.91 Å². The normalized spacial score (nSPS) is 12.4. The van der Waals surface area contributed by atoms with Crippen LogP contribution in [0.25, 0.3) is 0 Å². The lowest BCUT2D eigenvalue weighted by atomic mass is 10.2. The van der Waals surface area contributed by atoms with Gasteiger partial charge in [-0.25, -0.2) is 9.97 Å². The van der Waals surface area contributed by atoms with Crippen LogP contribution in [0.5, 0.6) is 0 Å². The van der Waals surface area contributed by atoms with E-state index in [1.165, 1.54) is 0 Å². The Balaban J connectivity index is 2.47. The van der Waals surface area contributed by atoms with Crippen molar-refractivity contribution in [1.82, 2.24) is 15.3 Å². The van der Waals surface area contributed by atoms with Gasteiger partial charge in [-0.3, -0.25) is 4.79 Å². The van der Waals surface area contributed by atoms with E-state index in [1.807, 2.05) is 26.8 Å². The summed E-state index contributed by atoms with van der Waals surface area (Å²) < 4.78 is 0. The van der Waals surface area contributed by atoms with Gasteiger partial charge in [-0.05, 0) is 32.9 Å². The van der Waals surface area contributed by atoms with E-state index < -0.39 is 0 Å². The van der Waals surface area contributed by atoms with Crippen molar-refractivity contribution in [3.8, 4) is 0 Å². The molecular weight excluding hydrogens is 248 g/mol. The van der Waals surface area contributed by atoms with Crippen molar-refractivity contribution < 1.29 is 4.79 Å². The molecule has 0 saturated heterocycles. The van der Waals surface area contributed by atoms with Crippen LogP contribution in [0.3, 0.4) is 0 Å². The summed E-state index contributed by atoms with van der Waals surface area (Å²) in [5.41, 5.74) is 7.23. The van der Waals surface area contributed by atoms with E-state index in [2.05, 4.69) is 15.3 Å². The second kappa shape index (κ2) is 7.33. The van der Waals surface area contributed by atoms with Crippen LogP contribution in [0.15, 0.2) is 11.2 Å². The molecule has 1 unspecified atom stereocenters. The molecular formula is C12H20N4OS. The first kappa shape index (κ1) is 14.9. The maximum absolute atomic E-state index is 11.2. The highest BCUT2D eigenvalue weighted by Gasteiger charge is 2.13. The third-order valence-electron chi connectivity index (χ3n) is 2.39. The van der Waals surface area contributed by atoms with Gasteiger partial charge >= 0.3 is 0 Å². The molecule has 0 spiro atoms. The number of nitrogens with zero attached hydrogens (tertiary/aromatic N) is 2. The van der Waals surface area contributed by atoms with Gasteiger partial charge in [0.25, 0.3) is 0 Å². The number of hydrogen-bond donors (Lipinski definition) is 2. The van der Waals surface area contributed by atoms with Crippen LogP contribution in [0.2, 0.25) is 0 Å². The maximum Gasteiger partial charge on any atom is 0.234 e. The second-order valence-corrected chi connectivity index (χ2v) is 5.15. The number of thioether (sulfide) groups is 1. The highest BCUT2D eigenvalue weighted by Crippen LogP contribution is 2.15. The minimum absolute atomic E-state index is 0.270. The summed E-state index contributed by atoms with van der Waals surface area (Å²) >= 11 is 1.55. The molecule has 0 aliphatic rings. The highest BCUT2D eigenvalue weighted by atomic mass is 32.2. The number of carbonyl (C=O) groups is 1. The monoisotopic (exact) mass is 268 g/mol. The fourth-order valence-electron chi connectivity index (χ4n) is 1.62. The Labute approximate surface area is 112 Å². The molecule has 0 saturated carbocycles. The van der Waals surface area contributed by atoms with Crippen molar-refractivity contribution in [2.45, 2.75) is 38.4 Å². The molecule has 0 radical (unpaired) electrons. The zero-order valence-corrected chi connectivity index (χ0v) is 11.9. The van der Waals surface area contributed by atoms with E-state index in [0.717, 1.165) is 28.8 Å². The van der Waals surface area contributed by atoms with Gasteiger partial charge in [0.15, 0.2) is 5.16 Å². The Morgan fingerprint density at radius 1 is 1.44 bits per heavy atom. The summed E-state index contributed by atoms with van der Waals surface area (Å²) in [4.78, 5) is 19.8. The van der Waals surface area contributed by atoms with Gasteiger partial charge in [0.05, 0.1) is 6.04 Å². The summed E-state index contributed by atoms with van der Waals surface area (Å²) in [6.07, 6.45) is 0.685. The minimum Gasteiger partial charge on any atom is -0.368 e. The van der Waals surface area contributed by atoms with Gasteiger partial charge in [-0.2, -0.15) is 0 Å². The van der Waals surface area contributed by atoms with Crippen molar-refractivity contribution >= 4 is 17.7 Å². The number of aromatic nitrogens is 2. The summed E-state index contributed by atoms with van der Waals surface area (Å²) in [6.45, 7) is 6.58. The third kappa shape index (κ3) is 5.01. The predicted octanol–water partition coefficient (Wildman–Crippen LogP) is 1.04. The molecule has 1 amide bonds. The van der Waals surface area contributed by atoms with E-state index >= 15 is 0 Å². The van der Waals surface area contributed by atoms with Crippen LogP contribution < -0.4 is 11.1 Å². The van der Waals surface area contributed by atoms with E-state index in [9.17, 15) is 4.79 Å². The summed E-state index contributed by atoms with van der Waals surface area (Å²) in [5, 5.41) is 3.82. The van der Waals surface area contributed by atoms with Crippen LogP contribution in [0.4, 0.5) is 0 Å². The molecule has 0 fully saturated rings. The number of rotatable bonds is 7. The topological polar surface area (TPSA) is 80.9 Å². The van der Waals surface area contributed by atoms with Crippen LogP contribution in [0.1, 0.15) is 24.7 Å². The molecule has 0 bridgehead atoms. The number of amides is 1. The SMILES string of the molecule is CCNC(CCSc1nc(C)cc(C)n1)C(N)=O. The molecule has 0 aliphatic heterocycles. The lowest BCUT2D eigenvalue weighted by Crippen LogP contribution is -2.41. The van der Waals surface area contributed by atoms with Gasteiger partial charge in [0, 0.05) is 17.1 Å². The van der Waals surface area contributed by atoms with Gasteiger partial charge in [0.1, 0.15) is 0 Å². The van der Waals surface area contributed by atoms with E-state index in [4.69, 9.17) is 5.73 Å². The molecule has 18 heavy (non-hydrogen) atoms. The Kier molecular flexibility index (Phi) is 6.07. The fraction of sp³-hybridized carbons (Fsp3) is 0.583. The van der Waals surface area contributed by atoms with Crippen LogP contribution in [-0.4, -0.2) is 34.2 Å². The minimum atomic E-state index is -0.307. The van der Waals surface area contributed by atoms with Crippen molar-refractivity contribution in [3.63, 3.8) is 0 Å². The summed E-state index contributed by atoms with van der Waals surface area (Å²) in [6, 6.07) is 1.67. The molecule has 1 aromatic rings. The molecule has 1 heterocycles. The van der Waals surface area contributed by atoms with E-state index in [-0.39, 0.29) is 11.9 Å². The zero-order chi connectivity index (χ0) is 13.5. The molecule has 1 atom stereocenters. The molecule has 0 aromatic carbocycles. The van der Waals surface area contributed by atoms with Gasteiger partial charge in [-0.15, -0.1) is 0 Å². The zero-order valence-electron chi connectivity index (χ0n) is 11.1. The molecule has 100 valence electrons. The molecule has 0 aliphatic carbocycles. The third-order valence-corrected chi connectivity index (χ3v) is 3.27. The number of primary amides is 1. The number of nitrogens with two attached hydrogens (primary N) is 1. The molecule has 1 rings (SSSR count). The van der Waals surface area contributed by atoms with Crippen molar-refractivity contribution in [3.05, 3.63) is 17.5 Å². The summed E-state index contributed by atoms with van der Waals surface area (Å²) in [5.74, 6) is 0.461. The molecule has 1 aromatic heterocycles. The fourth-order valence-corrected chi connectivity index (χ4v) is 2.57. The Bertz CT molecular complexity index is 391. The second-order valence-electron chi connectivity index (χ2n) is 4.08. The molecule has 5 nitrogen and oxygen atoms in total. The number of nitrogens with one attached hydrogen (secondary N) is 1. The van der Waals surface area contributed by atoms with Gasteiger partial charge in [-0.1, -0.05) is 18.7 Å². The largest absolute Gasteiger partial charge is 0.368 e. The van der Waals surface area contributed by atoms with Crippen LogP contribution in [-0.2, 0) is 4.79 Å². The first-order valence-corrected chi connectivity index (χ1v) is 6.99. The van der Waals surface area contributed by atoms with Crippen molar-refractivity contribution in [2.24, 2.45) is 5.73 Å². The highest BCUT2D eigenvalue weighted by molar-refractivity contribution is 7.99. The lowest BCUT2D eigenvalue weighted by molar-refractivity contribution is -0.120. The average Bonchev–Trinajstić information content (AvgIpc) is 2.26. The number of aryl methyl sites for hydroxylation is 2. The standard InChI is InChI=1S/C12H20N4OS/c1-4-14-10(11(13)17)5-6-18-12-15-8(2)7-9(3)16-12/h7,10,14H,4-6H2,1-3H3,(H2,13,17). The quantitative estimate of drug-likeness (QED) is 0.570. The lowest BCUT2D eigenvalue weighted by Gasteiger charge is -2.13. The smallest absolute Gasteiger partial charge is 0.234 e. The Morgan fingerprint density at radius 3 is 2.56 bits per heavy atom. The molecule has 6 heteroatoms. The number of likely N-dealkylation sites (N-methyl/N-ethyl adjacent to an activating group) is 1. The van der Waals surface area contributed by atoms with Crippen molar-refractivity contribution in [2.75, 3.05) is 12.3 Å². The maximum atomic E-state index is 11.2. The first-order chi connectivity index (χ1) is 8.52. The molecule has 3 N–H and O–H groups in total. The Hall–Kier alpha value is -1.14. The van der Waals surface area contributed by atoms with Crippen molar-refractivity contribution in [1.29, 1.82) is 0 Å². The van der Waals surface area contributed by atoms with Gasteiger partial charge < -0.3 is 11.1 Å². The first-order valence-electron chi connectivity index (χ1n) is 6.00. The average molecular weight is 268 g/mol. The Morgan fingerprint density at radius 2 is 2.06 bits per heavy atom.